The molecule has 6 nitrogen and oxygen atoms in total. The zero-order valence-electron chi connectivity index (χ0n) is 15.6. The van der Waals surface area contributed by atoms with Crippen LogP contribution in [-0.2, 0) is 10.5 Å². The maximum atomic E-state index is 12.4. The van der Waals surface area contributed by atoms with Crippen molar-refractivity contribution in [3.63, 3.8) is 0 Å². The average Bonchev–Trinajstić information content (AvgIpc) is 2.95. The maximum Gasteiger partial charge on any atom is 0.234 e. The van der Waals surface area contributed by atoms with Gasteiger partial charge in [0.2, 0.25) is 5.91 Å². The van der Waals surface area contributed by atoms with E-state index in [0.717, 1.165) is 60.3 Å². The maximum absolute atomic E-state index is 12.4. The second-order valence-corrected chi connectivity index (χ2v) is 7.64. The Kier molecular flexibility index (Phi) is 6.21. The van der Waals surface area contributed by atoms with Crippen molar-refractivity contribution in [2.24, 2.45) is 0 Å². The molecular formula is C19H26N4O2S. The number of aryl methyl sites for hydroxylation is 2. The molecule has 1 aliphatic heterocycles. The van der Waals surface area contributed by atoms with Crippen LogP contribution in [0.1, 0.15) is 17.0 Å². The summed E-state index contributed by atoms with van der Waals surface area (Å²) < 4.78 is 5.17. The molecule has 0 spiro atoms. The summed E-state index contributed by atoms with van der Waals surface area (Å²) in [5.74, 6) is 1.98. The Bertz CT molecular complexity index is 734. The number of nitrogens with zero attached hydrogens (tertiary/aromatic N) is 3. The number of likely N-dealkylation sites (N-methyl/N-ethyl adjacent to an activating group) is 1. The lowest BCUT2D eigenvalue weighted by atomic mass is 10.2. The van der Waals surface area contributed by atoms with E-state index in [1.807, 2.05) is 32.0 Å². The van der Waals surface area contributed by atoms with E-state index in [2.05, 4.69) is 33.4 Å². The number of carbonyl (C=O) groups is 1. The number of benzene rings is 1. The third kappa shape index (κ3) is 4.59. The first-order valence-electron chi connectivity index (χ1n) is 8.86. The molecule has 3 rings (SSSR count). The lowest BCUT2D eigenvalue weighted by molar-refractivity contribution is -0.113. The minimum absolute atomic E-state index is 0.0170. The van der Waals surface area contributed by atoms with Crippen LogP contribution in [0.4, 0.5) is 11.4 Å². The van der Waals surface area contributed by atoms with Gasteiger partial charge in [-0.2, -0.15) is 0 Å². The molecule has 0 bridgehead atoms. The number of nitrogens with one attached hydrogen (secondary N) is 1. The fourth-order valence-electron chi connectivity index (χ4n) is 3.04. The van der Waals surface area contributed by atoms with Crippen molar-refractivity contribution in [1.82, 2.24) is 10.1 Å². The number of anilines is 2. The molecular weight excluding hydrogens is 348 g/mol. The number of piperazine rings is 1. The van der Waals surface area contributed by atoms with Crippen LogP contribution in [0.15, 0.2) is 28.8 Å². The molecule has 1 amide bonds. The van der Waals surface area contributed by atoms with Crippen LogP contribution in [-0.4, -0.2) is 54.9 Å². The van der Waals surface area contributed by atoms with Crippen molar-refractivity contribution < 1.29 is 9.32 Å². The Morgan fingerprint density at radius 1 is 1.23 bits per heavy atom. The van der Waals surface area contributed by atoms with Gasteiger partial charge < -0.3 is 19.6 Å². The van der Waals surface area contributed by atoms with Gasteiger partial charge in [-0.05, 0) is 33.0 Å². The Morgan fingerprint density at radius 2 is 1.96 bits per heavy atom. The highest BCUT2D eigenvalue weighted by atomic mass is 32.2. The molecule has 140 valence electrons. The van der Waals surface area contributed by atoms with Crippen LogP contribution >= 0.6 is 11.8 Å². The largest absolute Gasteiger partial charge is 0.367 e. The standard InChI is InChI=1S/C19H26N4O2S/c1-14-16(15(2)25-21-14)12-26-13-19(24)20-17-6-4-5-7-18(17)23-10-8-22(3)9-11-23/h4-7H,8-13H2,1-3H3,(H,20,24). The molecule has 0 saturated carbocycles. The first-order valence-corrected chi connectivity index (χ1v) is 10.0. The number of para-hydroxylation sites is 2. The van der Waals surface area contributed by atoms with Gasteiger partial charge in [0.15, 0.2) is 0 Å². The lowest BCUT2D eigenvalue weighted by Crippen LogP contribution is -2.44. The molecule has 0 atom stereocenters. The first kappa shape index (κ1) is 18.8. The number of rotatable bonds is 6. The third-order valence-electron chi connectivity index (χ3n) is 4.68. The summed E-state index contributed by atoms with van der Waals surface area (Å²) in [6, 6.07) is 8.05. The summed E-state index contributed by atoms with van der Waals surface area (Å²) in [5.41, 5.74) is 3.97. The number of aromatic nitrogens is 1. The van der Waals surface area contributed by atoms with Gasteiger partial charge in [0, 0.05) is 37.5 Å². The van der Waals surface area contributed by atoms with Crippen molar-refractivity contribution in [3.05, 3.63) is 41.3 Å². The Morgan fingerprint density at radius 3 is 2.65 bits per heavy atom. The summed E-state index contributed by atoms with van der Waals surface area (Å²) in [5, 5.41) is 7.03. The van der Waals surface area contributed by atoms with E-state index in [1.54, 1.807) is 11.8 Å². The predicted molar refractivity (Wildman–Crippen MR) is 107 cm³/mol. The van der Waals surface area contributed by atoms with Gasteiger partial charge in [-0.1, -0.05) is 17.3 Å². The molecule has 1 aliphatic rings. The van der Waals surface area contributed by atoms with Crippen molar-refractivity contribution in [2.45, 2.75) is 19.6 Å². The zero-order valence-corrected chi connectivity index (χ0v) is 16.4. The summed E-state index contributed by atoms with van der Waals surface area (Å²) in [4.78, 5) is 17.1. The highest BCUT2D eigenvalue weighted by Crippen LogP contribution is 2.27. The van der Waals surface area contributed by atoms with Gasteiger partial charge in [0.25, 0.3) is 0 Å². The highest BCUT2D eigenvalue weighted by molar-refractivity contribution is 7.99. The predicted octanol–water partition coefficient (Wildman–Crippen LogP) is 2.92. The fraction of sp³-hybridized carbons (Fsp3) is 0.474. The van der Waals surface area contributed by atoms with E-state index in [1.165, 1.54) is 0 Å². The molecule has 1 fully saturated rings. The molecule has 2 aromatic rings. The lowest BCUT2D eigenvalue weighted by Gasteiger charge is -2.35. The smallest absolute Gasteiger partial charge is 0.234 e. The van der Waals surface area contributed by atoms with E-state index in [4.69, 9.17) is 4.52 Å². The zero-order chi connectivity index (χ0) is 18.5. The normalized spacial score (nSPS) is 15.3. The number of carbonyl (C=O) groups excluding carboxylic acids is 1. The van der Waals surface area contributed by atoms with E-state index < -0.39 is 0 Å². The third-order valence-corrected chi connectivity index (χ3v) is 5.64. The minimum atomic E-state index is 0.0170. The molecule has 1 saturated heterocycles. The van der Waals surface area contributed by atoms with Gasteiger partial charge in [-0.3, -0.25) is 4.79 Å². The molecule has 0 unspecified atom stereocenters. The van der Waals surface area contributed by atoms with Crippen LogP contribution in [0.5, 0.6) is 0 Å². The van der Waals surface area contributed by atoms with E-state index in [9.17, 15) is 4.79 Å². The molecule has 1 aromatic heterocycles. The monoisotopic (exact) mass is 374 g/mol. The Labute approximate surface area is 158 Å². The molecule has 2 heterocycles. The van der Waals surface area contributed by atoms with Crippen LogP contribution in [0.2, 0.25) is 0 Å². The molecule has 0 radical (unpaired) electrons. The van der Waals surface area contributed by atoms with Crippen LogP contribution in [0.3, 0.4) is 0 Å². The van der Waals surface area contributed by atoms with E-state index in [-0.39, 0.29) is 5.91 Å². The van der Waals surface area contributed by atoms with Gasteiger partial charge in [0.1, 0.15) is 5.76 Å². The Hall–Kier alpha value is -1.99. The van der Waals surface area contributed by atoms with Gasteiger partial charge in [-0.25, -0.2) is 0 Å². The van der Waals surface area contributed by atoms with Gasteiger partial charge in [-0.15, -0.1) is 11.8 Å². The summed E-state index contributed by atoms with van der Waals surface area (Å²) >= 11 is 1.58. The van der Waals surface area contributed by atoms with Gasteiger partial charge >= 0.3 is 0 Å². The topological polar surface area (TPSA) is 61.6 Å². The second-order valence-electron chi connectivity index (χ2n) is 6.65. The fourth-order valence-corrected chi connectivity index (χ4v) is 4.02. The van der Waals surface area contributed by atoms with Crippen LogP contribution in [0.25, 0.3) is 0 Å². The number of hydrogen-bond acceptors (Lipinski definition) is 6. The SMILES string of the molecule is Cc1noc(C)c1CSCC(=O)Nc1ccccc1N1CCN(C)CC1. The first-order chi connectivity index (χ1) is 12.5. The number of thioether (sulfide) groups is 1. The van der Waals surface area contributed by atoms with E-state index in [0.29, 0.717) is 5.75 Å². The minimum Gasteiger partial charge on any atom is -0.367 e. The second kappa shape index (κ2) is 8.60. The average molecular weight is 375 g/mol. The molecule has 1 N–H and O–H groups in total. The van der Waals surface area contributed by atoms with Crippen molar-refractivity contribution in [3.8, 4) is 0 Å². The number of hydrogen-bond donors (Lipinski definition) is 1. The van der Waals surface area contributed by atoms with E-state index >= 15 is 0 Å². The molecule has 7 heteroatoms. The quantitative estimate of drug-likeness (QED) is 0.839. The van der Waals surface area contributed by atoms with Crippen molar-refractivity contribution in [1.29, 1.82) is 0 Å². The van der Waals surface area contributed by atoms with Crippen LogP contribution in [0, 0.1) is 13.8 Å². The molecule has 1 aromatic carbocycles. The highest BCUT2D eigenvalue weighted by Gasteiger charge is 2.18. The number of amides is 1. The summed E-state index contributed by atoms with van der Waals surface area (Å²) in [7, 11) is 2.14. The van der Waals surface area contributed by atoms with Crippen LogP contribution < -0.4 is 10.2 Å². The van der Waals surface area contributed by atoms with Crippen molar-refractivity contribution in [2.75, 3.05) is 49.2 Å². The Balaban J connectivity index is 1.56. The summed E-state index contributed by atoms with van der Waals surface area (Å²) in [6.07, 6.45) is 0. The van der Waals surface area contributed by atoms with Crippen molar-refractivity contribution >= 4 is 29.0 Å². The van der Waals surface area contributed by atoms with Gasteiger partial charge in [0.05, 0.1) is 22.8 Å². The molecule has 0 aliphatic carbocycles. The summed E-state index contributed by atoms with van der Waals surface area (Å²) in [6.45, 7) is 7.86. The molecule has 26 heavy (non-hydrogen) atoms.